The molecule has 1 amide bonds. The lowest BCUT2D eigenvalue weighted by Gasteiger charge is -2.38. The first-order valence-corrected chi connectivity index (χ1v) is 11.3. The summed E-state index contributed by atoms with van der Waals surface area (Å²) >= 11 is 0. The largest absolute Gasteiger partial charge is 0.342 e. The summed E-state index contributed by atoms with van der Waals surface area (Å²) in [6.45, 7) is 2.38. The van der Waals surface area contributed by atoms with Gasteiger partial charge in [0.15, 0.2) is 0 Å². The Morgan fingerprint density at radius 2 is 1.74 bits per heavy atom. The van der Waals surface area contributed by atoms with Crippen LogP contribution in [0.1, 0.15) is 31.2 Å². The van der Waals surface area contributed by atoms with E-state index in [0.717, 1.165) is 45.2 Å². The summed E-state index contributed by atoms with van der Waals surface area (Å²) in [6, 6.07) is 10.5. The summed E-state index contributed by atoms with van der Waals surface area (Å²) in [4.78, 5) is 14.9. The van der Waals surface area contributed by atoms with Crippen molar-refractivity contribution in [3.63, 3.8) is 0 Å². The van der Waals surface area contributed by atoms with Gasteiger partial charge in [0.2, 0.25) is 5.91 Å². The molecule has 150 valence electrons. The minimum Gasteiger partial charge on any atom is -0.342 e. The molecule has 7 heteroatoms. The number of amides is 1. The summed E-state index contributed by atoms with van der Waals surface area (Å²) in [5, 5.41) is 0. The first-order chi connectivity index (χ1) is 12.9. The molecule has 1 aromatic rings. The van der Waals surface area contributed by atoms with Crippen molar-refractivity contribution < 1.29 is 13.2 Å². The molecule has 0 unspecified atom stereocenters. The molecule has 1 aromatic carbocycles. The highest BCUT2D eigenvalue weighted by molar-refractivity contribution is 7.86. The Hall–Kier alpha value is -1.44. The number of hydrogen-bond acceptors (Lipinski definition) is 3. The number of benzene rings is 1. The van der Waals surface area contributed by atoms with E-state index in [1.807, 2.05) is 11.0 Å². The van der Waals surface area contributed by atoms with Crippen LogP contribution in [0.2, 0.25) is 0 Å². The number of rotatable bonds is 5. The zero-order valence-corrected chi connectivity index (χ0v) is 17.2. The molecule has 0 spiro atoms. The van der Waals surface area contributed by atoms with Crippen LogP contribution in [-0.4, -0.2) is 68.1 Å². The van der Waals surface area contributed by atoms with Gasteiger partial charge in [-0.2, -0.15) is 17.0 Å². The Bertz CT molecular complexity index is 728. The van der Waals surface area contributed by atoms with Gasteiger partial charge in [-0.15, -0.1) is 0 Å². The van der Waals surface area contributed by atoms with E-state index in [1.54, 1.807) is 0 Å². The van der Waals surface area contributed by atoms with Gasteiger partial charge >= 0.3 is 0 Å². The van der Waals surface area contributed by atoms with E-state index >= 15 is 0 Å². The quantitative estimate of drug-likeness (QED) is 0.769. The van der Waals surface area contributed by atoms with Crippen molar-refractivity contribution in [2.45, 2.75) is 32.1 Å². The van der Waals surface area contributed by atoms with Gasteiger partial charge in [-0.25, -0.2) is 0 Å². The summed E-state index contributed by atoms with van der Waals surface area (Å²) in [7, 11) is -0.365. The summed E-state index contributed by atoms with van der Waals surface area (Å²) in [5.41, 5.74) is 1.36. The molecule has 0 aliphatic carbocycles. The fraction of sp³-hybridized carbons (Fsp3) is 0.650. The maximum atomic E-state index is 13.0. The van der Waals surface area contributed by atoms with Crippen LogP contribution in [0.25, 0.3) is 0 Å². The number of likely N-dealkylation sites (tertiary alicyclic amines) is 1. The maximum absolute atomic E-state index is 13.0. The third kappa shape index (κ3) is 4.89. The molecular weight excluding hydrogens is 362 g/mol. The van der Waals surface area contributed by atoms with Crippen molar-refractivity contribution in [2.75, 3.05) is 40.3 Å². The van der Waals surface area contributed by atoms with Gasteiger partial charge in [0.25, 0.3) is 10.2 Å². The third-order valence-corrected chi connectivity index (χ3v) is 7.72. The molecule has 2 aliphatic rings. The monoisotopic (exact) mass is 393 g/mol. The van der Waals surface area contributed by atoms with Gasteiger partial charge in [-0.05, 0) is 43.6 Å². The van der Waals surface area contributed by atoms with Gasteiger partial charge in [0.05, 0.1) is 5.92 Å². The fourth-order valence-corrected chi connectivity index (χ4v) is 5.34. The molecule has 0 N–H and O–H groups in total. The van der Waals surface area contributed by atoms with Crippen molar-refractivity contribution in [3.05, 3.63) is 35.9 Å². The number of carbonyl (C=O) groups excluding carboxylic acids is 1. The molecule has 27 heavy (non-hydrogen) atoms. The van der Waals surface area contributed by atoms with Crippen LogP contribution in [-0.2, 0) is 21.4 Å². The molecule has 2 heterocycles. The normalized spacial score (nSPS) is 22.9. The minimum atomic E-state index is -3.44. The highest BCUT2D eigenvalue weighted by Crippen LogP contribution is 2.26. The van der Waals surface area contributed by atoms with E-state index < -0.39 is 10.2 Å². The molecule has 1 atom stereocenters. The van der Waals surface area contributed by atoms with E-state index in [0.29, 0.717) is 19.0 Å². The molecule has 2 fully saturated rings. The lowest BCUT2D eigenvalue weighted by Crippen LogP contribution is -2.50. The third-order valence-electron chi connectivity index (χ3n) is 5.81. The van der Waals surface area contributed by atoms with Gasteiger partial charge in [-0.3, -0.25) is 4.79 Å². The zero-order chi connectivity index (χ0) is 19.4. The predicted molar refractivity (Wildman–Crippen MR) is 106 cm³/mol. The van der Waals surface area contributed by atoms with Crippen molar-refractivity contribution in [2.24, 2.45) is 11.8 Å². The lowest BCUT2D eigenvalue weighted by atomic mass is 9.89. The Kier molecular flexibility index (Phi) is 6.55. The molecule has 2 aliphatic heterocycles. The number of hydrogen-bond donors (Lipinski definition) is 0. The topological polar surface area (TPSA) is 60.9 Å². The van der Waals surface area contributed by atoms with Crippen molar-refractivity contribution >= 4 is 16.1 Å². The van der Waals surface area contributed by atoms with E-state index in [2.05, 4.69) is 24.3 Å². The van der Waals surface area contributed by atoms with Crippen LogP contribution in [0.15, 0.2) is 30.3 Å². The lowest BCUT2D eigenvalue weighted by molar-refractivity contribution is -0.138. The molecular formula is C20H31N3O3S. The molecule has 3 rings (SSSR count). The van der Waals surface area contributed by atoms with Crippen LogP contribution in [0, 0.1) is 11.8 Å². The van der Waals surface area contributed by atoms with Crippen molar-refractivity contribution in [3.8, 4) is 0 Å². The van der Waals surface area contributed by atoms with Crippen LogP contribution in [0.5, 0.6) is 0 Å². The molecule has 0 saturated carbocycles. The second-order valence-corrected chi connectivity index (χ2v) is 10.1. The standard InChI is InChI=1S/C20H31N3O3S/c1-21(2)27(25,26)23-12-6-9-19(16-23)20(24)22-13-10-18(11-14-22)15-17-7-4-3-5-8-17/h3-5,7-8,18-19H,6,9-16H2,1-2H3/t19-/m1/s1. The Morgan fingerprint density at radius 1 is 1.07 bits per heavy atom. The van der Waals surface area contributed by atoms with Crippen LogP contribution in [0.3, 0.4) is 0 Å². The Labute approximate surface area is 163 Å². The molecule has 2 saturated heterocycles. The van der Waals surface area contributed by atoms with Crippen molar-refractivity contribution in [1.82, 2.24) is 13.5 Å². The molecule has 0 aromatic heterocycles. The van der Waals surface area contributed by atoms with Crippen LogP contribution in [0.4, 0.5) is 0 Å². The van der Waals surface area contributed by atoms with E-state index in [4.69, 9.17) is 0 Å². The summed E-state index contributed by atoms with van der Waals surface area (Å²) < 4.78 is 27.4. The minimum absolute atomic E-state index is 0.131. The molecule has 0 radical (unpaired) electrons. The highest BCUT2D eigenvalue weighted by Gasteiger charge is 2.36. The second kappa shape index (κ2) is 8.71. The SMILES string of the molecule is CN(C)S(=O)(=O)N1CCC[C@@H](C(=O)N2CCC(Cc3ccccc3)CC2)C1. The summed E-state index contributed by atoms with van der Waals surface area (Å²) in [5.74, 6) is 0.541. The number of carbonyl (C=O) groups is 1. The van der Waals surface area contributed by atoms with Gasteiger partial charge in [-0.1, -0.05) is 30.3 Å². The smallest absolute Gasteiger partial charge is 0.281 e. The van der Waals surface area contributed by atoms with Gasteiger partial charge in [0.1, 0.15) is 0 Å². The fourth-order valence-electron chi connectivity index (χ4n) is 4.15. The van der Waals surface area contributed by atoms with E-state index in [1.165, 1.54) is 28.3 Å². The first kappa shape index (κ1) is 20.3. The number of piperidine rings is 2. The Balaban J connectivity index is 1.53. The highest BCUT2D eigenvalue weighted by atomic mass is 32.2. The number of nitrogens with zero attached hydrogens (tertiary/aromatic N) is 3. The first-order valence-electron chi connectivity index (χ1n) is 9.88. The molecule has 6 nitrogen and oxygen atoms in total. The maximum Gasteiger partial charge on any atom is 0.281 e. The predicted octanol–water partition coefficient (Wildman–Crippen LogP) is 1.99. The van der Waals surface area contributed by atoms with Crippen LogP contribution >= 0.6 is 0 Å². The Morgan fingerprint density at radius 3 is 2.37 bits per heavy atom. The zero-order valence-electron chi connectivity index (χ0n) is 16.4. The average molecular weight is 394 g/mol. The summed E-state index contributed by atoms with van der Waals surface area (Å²) in [6.07, 6.45) is 4.64. The van der Waals surface area contributed by atoms with Crippen LogP contribution < -0.4 is 0 Å². The van der Waals surface area contributed by atoms with Gasteiger partial charge < -0.3 is 4.90 Å². The average Bonchev–Trinajstić information content (AvgIpc) is 2.69. The molecule has 0 bridgehead atoms. The second-order valence-electron chi connectivity index (χ2n) is 7.95. The van der Waals surface area contributed by atoms with Crippen molar-refractivity contribution in [1.29, 1.82) is 0 Å². The van der Waals surface area contributed by atoms with Gasteiger partial charge in [0, 0.05) is 40.3 Å². The van der Waals surface area contributed by atoms with E-state index in [9.17, 15) is 13.2 Å². The van der Waals surface area contributed by atoms with E-state index in [-0.39, 0.29) is 11.8 Å².